The van der Waals surface area contributed by atoms with Gasteiger partial charge in [0.1, 0.15) is 4.83 Å². The van der Waals surface area contributed by atoms with Crippen LogP contribution >= 0.6 is 22.7 Å². The molecule has 0 unspecified atom stereocenters. The second-order valence-electron chi connectivity index (χ2n) is 5.80. The van der Waals surface area contributed by atoms with Gasteiger partial charge in [0, 0.05) is 32.2 Å². The van der Waals surface area contributed by atoms with Crippen LogP contribution in [-0.2, 0) is 0 Å². The Labute approximate surface area is 145 Å². The largest absolute Gasteiger partial charge is 0.349 e. The molecule has 1 N–H and O–H groups in total. The van der Waals surface area contributed by atoms with Crippen molar-refractivity contribution in [2.24, 2.45) is 0 Å². The lowest BCUT2D eigenvalue weighted by Gasteiger charge is -2.31. The van der Waals surface area contributed by atoms with Crippen LogP contribution in [0.25, 0.3) is 9.53 Å². The number of likely N-dealkylation sites (tertiary alicyclic amines) is 1. The molecule has 23 heavy (non-hydrogen) atoms. The zero-order valence-electron chi connectivity index (χ0n) is 14.0. The molecule has 5 nitrogen and oxygen atoms in total. The maximum atomic E-state index is 12.7. The first-order valence-electron chi connectivity index (χ1n) is 8.28. The fourth-order valence-electron chi connectivity index (χ4n) is 2.99. The van der Waals surface area contributed by atoms with Gasteiger partial charge < -0.3 is 15.1 Å². The predicted octanol–water partition coefficient (Wildman–Crippen LogP) is 3.03. The van der Waals surface area contributed by atoms with Gasteiger partial charge in [-0.1, -0.05) is 11.3 Å². The summed E-state index contributed by atoms with van der Waals surface area (Å²) in [5, 5.41) is 4.36. The van der Waals surface area contributed by atoms with E-state index >= 15 is 0 Å². The number of nitrogens with zero attached hydrogens (tertiary/aromatic N) is 3. The lowest BCUT2D eigenvalue weighted by atomic mass is 10.1. The number of aromatic nitrogens is 1. The highest BCUT2D eigenvalue weighted by Crippen LogP contribution is 2.35. The van der Waals surface area contributed by atoms with Gasteiger partial charge >= 0.3 is 0 Å². The lowest BCUT2D eigenvalue weighted by molar-refractivity contribution is 0.0712. The van der Waals surface area contributed by atoms with Crippen LogP contribution in [0.5, 0.6) is 0 Å². The van der Waals surface area contributed by atoms with E-state index in [1.807, 2.05) is 18.0 Å². The topological polar surface area (TPSA) is 48.5 Å². The summed E-state index contributed by atoms with van der Waals surface area (Å²) in [6, 6.07) is 2.57. The SMILES string of the molecule is CCN(CC)c1nc2sc(C(=O)N3CCC(NC)CC3)cc2s1. The number of piperidine rings is 1. The van der Waals surface area contributed by atoms with E-state index in [4.69, 9.17) is 4.98 Å². The summed E-state index contributed by atoms with van der Waals surface area (Å²) < 4.78 is 1.13. The highest BCUT2D eigenvalue weighted by molar-refractivity contribution is 7.29. The number of anilines is 1. The Balaban J connectivity index is 1.73. The first kappa shape index (κ1) is 16.7. The molecular weight excluding hydrogens is 328 g/mol. The average molecular weight is 353 g/mol. The number of thiazole rings is 1. The number of thiophene rings is 1. The summed E-state index contributed by atoms with van der Waals surface area (Å²) in [5.41, 5.74) is 0. The van der Waals surface area contributed by atoms with Crippen LogP contribution in [0.4, 0.5) is 5.13 Å². The van der Waals surface area contributed by atoms with Crippen molar-refractivity contribution in [2.45, 2.75) is 32.7 Å². The number of fused-ring (bicyclic) bond motifs is 1. The van der Waals surface area contributed by atoms with E-state index in [0.717, 1.165) is 58.6 Å². The first-order chi connectivity index (χ1) is 11.2. The second kappa shape index (κ2) is 7.15. The molecule has 126 valence electrons. The molecule has 0 radical (unpaired) electrons. The molecule has 1 amide bonds. The van der Waals surface area contributed by atoms with Crippen molar-refractivity contribution in [2.75, 3.05) is 38.1 Å². The smallest absolute Gasteiger partial charge is 0.264 e. The number of hydrogen-bond acceptors (Lipinski definition) is 6. The van der Waals surface area contributed by atoms with Gasteiger partial charge in [0.25, 0.3) is 5.91 Å². The van der Waals surface area contributed by atoms with Gasteiger partial charge in [-0.25, -0.2) is 4.98 Å². The van der Waals surface area contributed by atoms with E-state index in [0.29, 0.717) is 6.04 Å². The first-order valence-corrected chi connectivity index (χ1v) is 9.91. The van der Waals surface area contributed by atoms with E-state index < -0.39 is 0 Å². The Morgan fingerprint density at radius 3 is 2.61 bits per heavy atom. The van der Waals surface area contributed by atoms with Crippen LogP contribution < -0.4 is 10.2 Å². The third-order valence-corrected chi connectivity index (χ3v) is 6.72. The van der Waals surface area contributed by atoms with Crippen molar-refractivity contribution in [3.05, 3.63) is 10.9 Å². The highest BCUT2D eigenvalue weighted by Gasteiger charge is 2.24. The van der Waals surface area contributed by atoms with Gasteiger partial charge in [0.15, 0.2) is 5.13 Å². The summed E-state index contributed by atoms with van der Waals surface area (Å²) in [7, 11) is 1.99. The molecule has 1 aliphatic heterocycles. The Bertz CT molecular complexity index is 637. The molecule has 1 aliphatic rings. The lowest BCUT2D eigenvalue weighted by Crippen LogP contribution is -2.43. The molecule has 3 rings (SSSR count). The normalized spacial score (nSPS) is 16.2. The molecule has 0 saturated carbocycles. The number of hydrogen-bond donors (Lipinski definition) is 1. The molecule has 0 atom stereocenters. The molecule has 1 saturated heterocycles. The van der Waals surface area contributed by atoms with Crippen LogP contribution in [0.3, 0.4) is 0 Å². The van der Waals surface area contributed by atoms with Crippen molar-refractivity contribution >= 4 is 43.2 Å². The monoisotopic (exact) mass is 352 g/mol. The van der Waals surface area contributed by atoms with Crippen LogP contribution in [0.1, 0.15) is 36.4 Å². The van der Waals surface area contributed by atoms with Crippen molar-refractivity contribution in [3.63, 3.8) is 0 Å². The van der Waals surface area contributed by atoms with Gasteiger partial charge in [0.05, 0.1) is 9.58 Å². The quantitative estimate of drug-likeness (QED) is 0.899. The number of rotatable bonds is 5. The van der Waals surface area contributed by atoms with Crippen molar-refractivity contribution in [1.29, 1.82) is 0 Å². The fraction of sp³-hybridized carbons (Fsp3) is 0.625. The van der Waals surface area contributed by atoms with Crippen molar-refractivity contribution in [1.82, 2.24) is 15.2 Å². The zero-order chi connectivity index (χ0) is 16.4. The Morgan fingerprint density at radius 1 is 1.35 bits per heavy atom. The van der Waals surface area contributed by atoms with E-state index in [9.17, 15) is 4.79 Å². The second-order valence-corrected chi connectivity index (χ2v) is 7.84. The maximum absolute atomic E-state index is 12.7. The van der Waals surface area contributed by atoms with Crippen LogP contribution in [0.2, 0.25) is 0 Å². The number of carbonyl (C=O) groups excluding carboxylic acids is 1. The van der Waals surface area contributed by atoms with Gasteiger partial charge in [-0.15, -0.1) is 11.3 Å². The van der Waals surface area contributed by atoms with E-state index in [1.54, 1.807) is 11.3 Å². The summed E-state index contributed by atoms with van der Waals surface area (Å²) in [4.78, 5) is 23.4. The summed E-state index contributed by atoms with van der Waals surface area (Å²) in [5.74, 6) is 0.166. The fourth-order valence-corrected chi connectivity index (χ4v) is 5.29. The maximum Gasteiger partial charge on any atom is 0.264 e. The van der Waals surface area contributed by atoms with E-state index in [2.05, 4.69) is 24.1 Å². The summed E-state index contributed by atoms with van der Waals surface area (Å²) in [6.45, 7) is 7.89. The third-order valence-electron chi connectivity index (χ3n) is 4.51. The van der Waals surface area contributed by atoms with Gasteiger partial charge in [-0.2, -0.15) is 0 Å². The van der Waals surface area contributed by atoms with Crippen molar-refractivity contribution in [3.8, 4) is 0 Å². The average Bonchev–Trinajstić information content (AvgIpc) is 3.14. The van der Waals surface area contributed by atoms with Crippen molar-refractivity contribution < 1.29 is 4.79 Å². The van der Waals surface area contributed by atoms with Crippen LogP contribution in [0.15, 0.2) is 6.07 Å². The molecule has 2 aromatic rings. The standard InChI is InChI=1S/C16H24N4OS2/c1-4-19(5-2)16-18-14-12(23-16)10-13(22-14)15(21)20-8-6-11(17-3)7-9-20/h10-11,17H,4-9H2,1-3H3. The third kappa shape index (κ3) is 3.36. The predicted molar refractivity (Wildman–Crippen MR) is 99.0 cm³/mol. The van der Waals surface area contributed by atoms with Crippen LogP contribution in [0, 0.1) is 0 Å². The van der Waals surface area contributed by atoms with Gasteiger partial charge in [-0.3, -0.25) is 4.79 Å². The molecule has 7 heteroatoms. The Morgan fingerprint density at radius 2 is 2.04 bits per heavy atom. The molecular formula is C16H24N4OS2. The van der Waals surface area contributed by atoms with E-state index in [1.165, 1.54) is 11.3 Å². The molecule has 0 aliphatic carbocycles. The molecule has 0 aromatic carbocycles. The Hall–Kier alpha value is -1.18. The molecule has 1 fully saturated rings. The summed E-state index contributed by atoms with van der Waals surface area (Å²) in [6.07, 6.45) is 2.07. The van der Waals surface area contributed by atoms with Crippen LogP contribution in [-0.4, -0.2) is 55.1 Å². The van der Waals surface area contributed by atoms with Gasteiger partial charge in [0.2, 0.25) is 0 Å². The molecule has 0 spiro atoms. The number of carbonyl (C=O) groups is 1. The summed E-state index contributed by atoms with van der Waals surface area (Å²) >= 11 is 3.22. The van der Waals surface area contributed by atoms with Gasteiger partial charge in [-0.05, 0) is 39.8 Å². The number of amides is 1. The molecule has 0 bridgehead atoms. The molecule has 2 aromatic heterocycles. The zero-order valence-corrected chi connectivity index (χ0v) is 15.6. The minimum atomic E-state index is 0.166. The van der Waals surface area contributed by atoms with E-state index in [-0.39, 0.29) is 5.91 Å². The number of nitrogens with one attached hydrogen (secondary N) is 1. The minimum absolute atomic E-state index is 0.166. The Kier molecular flexibility index (Phi) is 5.18. The minimum Gasteiger partial charge on any atom is -0.349 e. The molecule has 3 heterocycles. The highest BCUT2D eigenvalue weighted by atomic mass is 32.1.